The summed E-state index contributed by atoms with van der Waals surface area (Å²) < 4.78 is 0. The molecule has 68 radical (unpaired) electrons. The van der Waals surface area contributed by atoms with Gasteiger partial charge in [0.05, 0.1) is 105 Å². The van der Waals surface area contributed by atoms with Crippen LogP contribution < -0.4 is 125 Å². The monoisotopic (exact) mass is 1060 g/mol. The summed E-state index contributed by atoms with van der Waals surface area (Å²) in [5, 5.41) is -11.0. The molecule has 0 aliphatic heterocycles. The first-order valence-corrected chi connectivity index (χ1v) is 27.1. The average Bonchev–Trinajstić information content (AvgIpc) is 1.50. The zero-order valence-corrected chi connectivity index (χ0v) is 48.1. The van der Waals surface area contributed by atoms with Crippen molar-refractivity contribution in [3.8, 4) is 44.5 Å². The third kappa shape index (κ3) is 7.49. The van der Waals surface area contributed by atoms with E-state index in [2.05, 4.69) is 0 Å². The Balaban J connectivity index is 1.36. The molecule has 0 fully saturated rings. The SMILES string of the molecule is [B]c1c([B])c([B])c2c(c1[B])-c1c([B])c([B])c([B])c([B])c1C21c2ccccc2-c2c(N(c3c([B])c([B])c4c(c3[B])C(C([B])([B])[B])(C([B])([B])[B])c3c([B])c([B])c([B])c([B])c3-4)c3c([B])c([B])c4c(c3[B])C(C([B])([B])[B])(C([B])([B])[B])c3c([B])c([B])c([B])c([B])c3-4)cccc21. The predicted molar refractivity (Wildman–Crippen MR) is 408 cm³/mol. The van der Waals surface area contributed by atoms with Gasteiger partial charge < -0.3 is 4.90 Å². The maximum atomic E-state index is 7.85. The molecule has 8 aromatic carbocycles. The minimum Gasteiger partial charge on any atom is -0.312 e. The molecule has 12 rings (SSSR count). The van der Waals surface area contributed by atoms with Gasteiger partial charge in [0.1, 0.15) is 173 Å². The zero-order chi connectivity index (χ0) is 66.7. The van der Waals surface area contributed by atoms with Crippen molar-refractivity contribution in [2.75, 3.05) is 4.90 Å². The van der Waals surface area contributed by atoms with Crippen molar-refractivity contribution in [2.24, 2.45) is 0 Å². The molecule has 4 aliphatic carbocycles. The van der Waals surface area contributed by atoms with Gasteiger partial charge in [0, 0.05) is 16.9 Å². The molecule has 8 aromatic rings. The normalized spacial score (nSPS) is 15.1. The average molecular weight is 1050 g/mol. The number of hydrogen-bond donors (Lipinski definition) is 0. The van der Waals surface area contributed by atoms with Crippen LogP contribution in [0.4, 0.5) is 17.1 Å². The molecular formula is C55H7B34N. The Morgan fingerprint density at radius 1 is 0.233 bits per heavy atom. The molecule has 0 saturated carbocycles. The third-order valence-electron chi connectivity index (χ3n) is 19.1. The fourth-order valence-electron chi connectivity index (χ4n) is 15.5. The Morgan fingerprint density at radius 2 is 0.489 bits per heavy atom. The number of fused-ring (bicyclic) bond motifs is 16. The largest absolute Gasteiger partial charge is 0.312 e. The van der Waals surface area contributed by atoms with Gasteiger partial charge in [0.2, 0.25) is 0 Å². The molecule has 0 bridgehead atoms. The zero-order valence-electron chi connectivity index (χ0n) is 48.1. The summed E-state index contributed by atoms with van der Waals surface area (Å²) in [6.45, 7) is 0. The molecule has 0 heterocycles. The maximum absolute atomic E-state index is 7.85. The highest BCUT2D eigenvalue weighted by atomic mass is 15.2. The van der Waals surface area contributed by atoms with Gasteiger partial charge in [-0.05, 0) is 100 Å². The fraction of sp³-hybridized carbons (Fsp3) is 0.127. The van der Waals surface area contributed by atoms with E-state index in [0.29, 0.717) is 16.7 Å². The molecule has 0 N–H and O–H groups in total. The van der Waals surface area contributed by atoms with Crippen molar-refractivity contribution in [3.05, 3.63) is 87.0 Å². The van der Waals surface area contributed by atoms with E-state index in [1.807, 2.05) is 0 Å². The van der Waals surface area contributed by atoms with E-state index in [-0.39, 0.29) is 188 Å². The first kappa shape index (κ1) is 65.8. The summed E-state index contributed by atoms with van der Waals surface area (Å²) in [7, 11) is 239. The Labute approximate surface area is 572 Å². The molecule has 4 aliphatic rings. The molecule has 1 spiro atoms. The van der Waals surface area contributed by atoms with Crippen molar-refractivity contribution in [3.63, 3.8) is 0 Å². The van der Waals surface area contributed by atoms with Gasteiger partial charge in [0.25, 0.3) is 0 Å². The highest BCUT2D eigenvalue weighted by Crippen LogP contribution is 2.67. The lowest BCUT2D eigenvalue weighted by atomic mass is 9.17. The van der Waals surface area contributed by atoms with Crippen LogP contribution in [0.15, 0.2) is 42.5 Å². The van der Waals surface area contributed by atoms with E-state index in [1.165, 1.54) is 4.90 Å². The lowest BCUT2D eigenvalue weighted by Gasteiger charge is -2.58. The summed E-state index contributed by atoms with van der Waals surface area (Å²) in [6, 6.07) is 12.1. The topological polar surface area (TPSA) is 3.24 Å². The minimum absolute atomic E-state index is 0.0209. The first-order valence-electron chi connectivity index (χ1n) is 27.1. The molecule has 0 unspecified atom stereocenters. The van der Waals surface area contributed by atoms with Crippen LogP contribution in [0.5, 0.6) is 0 Å². The number of anilines is 3. The van der Waals surface area contributed by atoms with Gasteiger partial charge >= 0.3 is 0 Å². The molecule has 0 saturated heterocycles. The molecular weight excluding hydrogens is 1040 g/mol. The van der Waals surface area contributed by atoms with Gasteiger partial charge in [-0.25, -0.2) is 0 Å². The van der Waals surface area contributed by atoms with Crippen LogP contribution in [-0.4, -0.2) is 267 Å². The van der Waals surface area contributed by atoms with Gasteiger partial charge in [-0.3, -0.25) is 0 Å². The van der Waals surface area contributed by atoms with E-state index >= 15 is 0 Å². The van der Waals surface area contributed by atoms with Gasteiger partial charge in [-0.2, -0.15) is 0 Å². The molecule has 334 valence electrons. The summed E-state index contributed by atoms with van der Waals surface area (Å²) in [6.07, 6.45) is 0. The smallest absolute Gasteiger partial charge is 0.117 e. The maximum Gasteiger partial charge on any atom is 0.117 e. The van der Waals surface area contributed by atoms with Gasteiger partial charge in [-0.15, -0.1) is 64.2 Å². The summed E-state index contributed by atoms with van der Waals surface area (Å²) >= 11 is 0. The van der Waals surface area contributed by atoms with Crippen molar-refractivity contribution >= 4 is 404 Å². The Kier molecular flexibility index (Phi) is 14.9. The van der Waals surface area contributed by atoms with E-state index in [9.17, 15) is 0 Å². The standard InChI is InChI=1S/C55H7B34N/c56-25-13-14-20(32(63)42(73)38(69)26(14)57)49(19(13)31(62)41(72)37(25)68)9-5-2-1-4-8(9)12-10(49)6-3-7-11(12)90(47-35(66)23-17(29(60)45(47)76)15-21(33(64)43(74)39(70)27(15)58)50(23,52(78,79)80)53(81,82)83)48-36(67)24-18(30(61)46(48)77)16-22(34(65)44(75)40(71)28(16)59)51(24,54(84,85)86)55(87,88)89/h1-7H. The van der Waals surface area contributed by atoms with Crippen molar-refractivity contribution < 1.29 is 0 Å². The van der Waals surface area contributed by atoms with Crippen LogP contribution in [0.2, 0.25) is 20.5 Å². The fourth-order valence-corrected chi connectivity index (χ4v) is 15.5. The first-order chi connectivity index (χ1) is 41.5. The van der Waals surface area contributed by atoms with Crippen molar-refractivity contribution in [2.45, 2.75) is 36.7 Å². The number of rotatable bonds is 7. The molecule has 0 atom stereocenters. The Hall–Kier alpha value is -4.23. The number of benzene rings is 8. The number of hydrogen-bond acceptors (Lipinski definition) is 1. The van der Waals surface area contributed by atoms with Crippen LogP contribution in [-0.2, 0) is 16.2 Å². The van der Waals surface area contributed by atoms with Gasteiger partial charge in [-0.1, -0.05) is 113 Å². The van der Waals surface area contributed by atoms with Crippen LogP contribution in [0, 0.1) is 0 Å². The number of nitrogens with zero attached hydrogens (tertiary/aromatic N) is 1. The van der Waals surface area contributed by atoms with E-state index in [4.69, 9.17) is 267 Å². The van der Waals surface area contributed by atoms with Crippen molar-refractivity contribution in [1.29, 1.82) is 0 Å². The lowest BCUT2D eigenvalue weighted by molar-refractivity contribution is 0.539. The molecule has 1 nitrogen and oxygen atoms in total. The molecule has 90 heavy (non-hydrogen) atoms. The lowest BCUT2D eigenvalue weighted by Crippen LogP contribution is -2.59. The minimum atomic E-state index is -2.75. The second-order valence-electron chi connectivity index (χ2n) is 23.9. The summed E-state index contributed by atoms with van der Waals surface area (Å²) in [5.41, 5.74) is -12.3. The Bertz CT molecular complexity index is 4430. The Morgan fingerprint density at radius 3 is 0.811 bits per heavy atom. The predicted octanol–water partition coefficient (Wildman–Crippen LogP) is -18.2. The van der Waals surface area contributed by atoms with E-state index < -0.39 is 58.5 Å². The van der Waals surface area contributed by atoms with Crippen LogP contribution >= 0.6 is 0 Å². The van der Waals surface area contributed by atoms with Crippen molar-refractivity contribution in [1.82, 2.24) is 0 Å². The molecule has 0 aromatic heterocycles. The van der Waals surface area contributed by atoms with E-state index in [1.54, 1.807) is 42.5 Å². The highest BCUT2D eigenvalue weighted by Gasteiger charge is 2.61. The quantitative estimate of drug-likeness (QED) is 0.144. The summed E-state index contributed by atoms with van der Waals surface area (Å²) in [5.74, 6) is 0. The second kappa shape index (κ2) is 20.4. The highest BCUT2D eigenvalue weighted by molar-refractivity contribution is 6.74. The third-order valence-corrected chi connectivity index (χ3v) is 19.1. The molecule has 0 amide bonds. The van der Waals surface area contributed by atoms with Crippen LogP contribution in [0.1, 0.15) is 44.5 Å². The second-order valence-corrected chi connectivity index (χ2v) is 23.9. The summed E-state index contributed by atoms with van der Waals surface area (Å²) in [4.78, 5) is 1.36. The van der Waals surface area contributed by atoms with E-state index in [0.717, 1.165) is 0 Å². The van der Waals surface area contributed by atoms with Crippen LogP contribution in [0.25, 0.3) is 44.5 Å². The van der Waals surface area contributed by atoms with Crippen LogP contribution in [0.3, 0.4) is 0 Å². The van der Waals surface area contributed by atoms with Gasteiger partial charge in [0.15, 0.2) is 0 Å². The molecule has 35 heteroatoms.